The normalized spacial score (nSPS) is 12.3. The Morgan fingerprint density at radius 1 is 1.37 bits per heavy atom. The molecule has 0 saturated heterocycles. The van der Waals surface area contributed by atoms with Crippen LogP contribution >= 0.6 is 0 Å². The van der Waals surface area contributed by atoms with Gasteiger partial charge in [-0.1, -0.05) is 18.2 Å². The third kappa shape index (κ3) is 2.76. The van der Waals surface area contributed by atoms with Gasteiger partial charge >= 0.3 is 5.97 Å². The van der Waals surface area contributed by atoms with Crippen LogP contribution < -0.4 is 5.32 Å². The average Bonchev–Trinajstić information content (AvgIpc) is 2.66. The summed E-state index contributed by atoms with van der Waals surface area (Å²) in [5.41, 5.74) is 1.41. The van der Waals surface area contributed by atoms with Crippen molar-refractivity contribution >= 4 is 22.8 Å². The van der Waals surface area contributed by atoms with Gasteiger partial charge in [0, 0.05) is 17.0 Å². The van der Waals surface area contributed by atoms with Crippen molar-refractivity contribution < 1.29 is 19.1 Å². The molecule has 100 valence electrons. The molecule has 1 amide bonds. The third-order valence-corrected chi connectivity index (χ3v) is 2.91. The third-order valence-electron chi connectivity index (χ3n) is 2.91. The van der Waals surface area contributed by atoms with E-state index in [-0.39, 0.29) is 18.1 Å². The van der Waals surface area contributed by atoms with Crippen LogP contribution in [0.4, 0.5) is 0 Å². The van der Waals surface area contributed by atoms with Gasteiger partial charge in [-0.15, -0.1) is 0 Å². The van der Waals surface area contributed by atoms with Crippen LogP contribution in [0.5, 0.6) is 0 Å². The van der Waals surface area contributed by atoms with Crippen LogP contribution in [0.25, 0.3) is 11.0 Å². The van der Waals surface area contributed by atoms with Gasteiger partial charge in [0.1, 0.15) is 5.58 Å². The van der Waals surface area contributed by atoms with E-state index in [1.165, 1.54) is 0 Å². The highest BCUT2D eigenvalue weighted by molar-refractivity contribution is 5.99. The van der Waals surface area contributed by atoms with Crippen molar-refractivity contribution in [3.8, 4) is 0 Å². The second kappa shape index (κ2) is 5.14. The molecule has 0 aliphatic heterocycles. The lowest BCUT2D eigenvalue weighted by Gasteiger charge is -2.10. The summed E-state index contributed by atoms with van der Waals surface area (Å²) < 4.78 is 5.51. The fourth-order valence-electron chi connectivity index (χ4n) is 1.99. The molecule has 1 unspecified atom stereocenters. The Morgan fingerprint density at radius 3 is 2.68 bits per heavy atom. The highest BCUT2D eigenvalue weighted by Gasteiger charge is 2.19. The molecule has 0 spiro atoms. The highest BCUT2D eigenvalue weighted by atomic mass is 16.4. The van der Waals surface area contributed by atoms with Crippen LogP contribution in [0.3, 0.4) is 0 Å². The van der Waals surface area contributed by atoms with Gasteiger partial charge < -0.3 is 14.8 Å². The molecule has 0 saturated carbocycles. The Kier molecular flexibility index (Phi) is 3.55. The predicted molar refractivity (Wildman–Crippen MR) is 70.1 cm³/mol. The zero-order valence-corrected chi connectivity index (χ0v) is 10.8. The van der Waals surface area contributed by atoms with Crippen molar-refractivity contribution in [2.24, 2.45) is 0 Å². The summed E-state index contributed by atoms with van der Waals surface area (Å²) in [6, 6.07) is 6.93. The average molecular weight is 261 g/mol. The van der Waals surface area contributed by atoms with Crippen molar-refractivity contribution in [2.75, 3.05) is 0 Å². The zero-order chi connectivity index (χ0) is 14.0. The van der Waals surface area contributed by atoms with Crippen LogP contribution in [-0.2, 0) is 4.79 Å². The first kappa shape index (κ1) is 13.1. The minimum Gasteiger partial charge on any atom is -0.481 e. The van der Waals surface area contributed by atoms with E-state index in [0.717, 1.165) is 10.9 Å². The van der Waals surface area contributed by atoms with Crippen LogP contribution in [0, 0.1) is 6.92 Å². The Morgan fingerprint density at radius 2 is 2.05 bits per heavy atom. The lowest BCUT2D eigenvalue weighted by Crippen LogP contribution is -2.34. The number of aryl methyl sites for hydroxylation is 1. The number of para-hydroxylation sites is 1. The van der Waals surface area contributed by atoms with Gasteiger partial charge in [-0.3, -0.25) is 9.59 Å². The van der Waals surface area contributed by atoms with E-state index >= 15 is 0 Å². The molecule has 0 fully saturated rings. The van der Waals surface area contributed by atoms with E-state index in [2.05, 4.69) is 5.32 Å². The summed E-state index contributed by atoms with van der Waals surface area (Å²) in [7, 11) is 0. The quantitative estimate of drug-likeness (QED) is 0.885. The maximum absolute atomic E-state index is 12.0. The van der Waals surface area contributed by atoms with E-state index in [9.17, 15) is 9.59 Å². The molecule has 1 atom stereocenters. The molecule has 0 aliphatic rings. The van der Waals surface area contributed by atoms with Gasteiger partial charge in [0.15, 0.2) is 5.76 Å². The fraction of sp³-hybridized carbons (Fsp3) is 0.286. The van der Waals surface area contributed by atoms with E-state index in [4.69, 9.17) is 9.52 Å². The number of fused-ring (bicyclic) bond motifs is 1. The van der Waals surface area contributed by atoms with Gasteiger partial charge in [-0.25, -0.2) is 0 Å². The molecule has 1 aromatic carbocycles. The summed E-state index contributed by atoms with van der Waals surface area (Å²) in [5, 5.41) is 12.2. The first-order valence-corrected chi connectivity index (χ1v) is 6.00. The topological polar surface area (TPSA) is 79.5 Å². The molecule has 0 bridgehead atoms. The molecule has 5 heteroatoms. The molecule has 2 rings (SSSR count). The van der Waals surface area contributed by atoms with Crippen molar-refractivity contribution in [3.63, 3.8) is 0 Å². The molecule has 0 aliphatic carbocycles. The number of hydrogen-bond donors (Lipinski definition) is 2. The van der Waals surface area contributed by atoms with Crippen LogP contribution in [-0.4, -0.2) is 23.0 Å². The molecule has 1 heterocycles. The van der Waals surface area contributed by atoms with Crippen molar-refractivity contribution in [1.82, 2.24) is 5.32 Å². The number of carbonyl (C=O) groups excluding carboxylic acids is 1. The number of benzene rings is 1. The Bertz CT molecular complexity index is 629. The summed E-state index contributed by atoms with van der Waals surface area (Å²) in [5.74, 6) is -1.10. The van der Waals surface area contributed by atoms with E-state index in [1.807, 2.05) is 25.1 Å². The number of carboxylic acids is 1. The number of carbonyl (C=O) groups is 2. The van der Waals surface area contributed by atoms with E-state index < -0.39 is 12.0 Å². The Labute approximate surface area is 110 Å². The van der Waals surface area contributed by atoms with Gasteiger partial charge in [-0.2, -0.15) is 0 Å². The lowest BCUT2D eigenvalue weighted by atomic mass is 10.1. The van der Waals surface area contributed by atoms with Crippen molar-refractivity contribution in [2.45, 2.75) is 26.3 Å². The van der Waals surface area contributed by atoms with Crippen LogP contribution in [0.2, 0.25) is 0 Å². The minimum atomic E-state index is -0.950. The van der Waals surface area contributed by atoms with Crippen LogP contribution in [0.15, 0.2) is 28.7 Å². The first-order valence-electron chi connectivity index (χ1n) is 6.00. The number of hydrogen-bond acceptors (Lipinski definition) is 3. The van der Waals surface area contributed by atoms with Crippen molar-refractivity contribution in [3.05, 3.63) is 35.6 Å². The number of furan rings is 1. The summed E-state index contributed by atoms with van der Waals surface area (Å²) >= 11 is 0. The zero-order valence-electron chi connectivity index (χ0n) is 10.8. The Balaban J connectivity index is 2.22. The van der Waals surface area contributed by atoms with Gasteiger partial charge in [0.2, 0.25) is 0 Å². The molecule has 5 nitrogen and oxygen atoms in total. The second-order valence-corrected chi connectivity index (χ2v) is 4.52. The number of nitrogens with one attached hydrogen (secondary N) is 1. The van der Waals surface area contributed by atoms with Gasteiger partial charge in [0.25, 0.3) is 5.91 Å². The Hall–Kier alpha value is -2.30. The maximum atomic E-state index is 12.0. The first-order chi connectivity index (χ1) is 8.99. The monoisotopic (exact) mass is 261 g/mol. The minimum absolute atomic E-state index is 0.120. The summed E-state index contributed by atoms with van der Waals surface area (Å²) in [6.07, 6.45) is -0.120. The number of carboxylic acid groups (broad SMARTS) is 1. The highest BCUT2D eigenvalue weighted by Crippen LogP contribution is 2.24. The maximum Gasteiger partial charge on any atom is 0.305 e. The van der Waals surface area contributed by atoms with Gasteiger partial charge in [-0.05, 0) is 19.9 Å². The van der Waals surface area contributed by atoms with E-state index in [0.29, 0.717) is 5.58 Å². The standard InChI is InChI=1S/C14H15NO4/c1-8(7-12(16)17)15-14(18)13-9(2)10-5-3-4-6-11(10)19-13/h3-6,8H,7H2,1-2H3,(H,15,18)(H,16,17). The van der Waals surface area contributed by atoms with Crippen LogP contribution in [0.1, 0.15) is 29.5 Å². The summed E-state index contributed by atoms with van der Waals surface area (Å²) in [6.45, 7) is 3.45. The van der Waals surface area contributed by atoms with Crippen molar-refractivity contribution in [1.29, 1.82) is 0 Å². The lowest BCUT2D eigenvalue weighted by molar-refractivity contribution is -0.137. The molecule has 2 aromatic rings. The smallest absolute Gasteiger partial charge is 0.305 e. The SMILES string of the molecule is Cc1c(C(=O)NC(C)CC(=O)O)oc2ccccc12. The molecule has 0 radical (unpaired) electrons. The second-order valence-electron chi connectivity index (χ2n) is 4.52. The molecular weight excluding hydrogens is 246 g/mol. The predicted octanol–water partition coefficient (Wildman–Crippen LogP) is 2.33. The number of amides is 1. The fourth-order valence-corrected chi connectivity index (χ4v) is 1.99. The summed E-state index contributed by atoms with van der Waals surface area (Å²) in [4.78, 5) is 22.6. The van der Waals surface area contributed by atoms with Gasteiger partial charge in [0.05, 0.1) is 6.42 Å². The largest absolute Gasteiger partial charge is 0.481 e. The number of rotatable bonds is 4. The molecule has 19 heavy (non-hydrogen) atoms. The molecule has 2 N–H and O–H groups in total. The molecular formula is C14H15NO4. The molecule has 1 aromatic heterocycles. The number of aliphatic carboxylic acids is 1. The van der Waals surface area contributed by atoms with E-state index in [1.54, 1.807) is 13.0 Å².